The van der Waals surface area contributed by atoms with Crippen LogP contribution >= 0.6 is 0 Å². The molecule has 0 aromatic heterocycles. The van der Waals surface area contributed by atoms with Crippen molar-refractivity contribution in [2.45, 2.75) is 90.4 Å². The van der Waals surface area contributed by atoms with Gasteiger partial charge in [-0.1, -0.05) is 30.7 Å². The van der Waals surface area contributed by atoms with Gasteiger partial charge in [-0.05, 0) is 70.6 Å². The summed E-state index contributed by atoms with van der Waals surface area (Å²) >= 11 is 0. The van der Waals surface area contributed by atoms with Crippen molar-refractivity contribution < 1.29 is 40.8 Å². The Morgan fingerprint density at radius 2 is 2.06 bits per heavy atom. The topological polar surface area (TPSA) is 93.1 Å². The van der Waals surface area contributed by atoms with Crippen LogP contribution in [0.25, 0.3) is 0 Å². The SMILES string of the molecule is [2H]C([2H])(C/C=C1\C[C@H]2C[C@@H](O)[C@H](/C=C/[C@@H](O)C(C)C(F)(F)C#CC)[C@H]2C1)CC(=O)O[C@@H](C)C(=O)OCC. The van der Waals surface area contributed by atoms with Crippen molar-refractivity contribution in [1.29, 1.82) is 0 Å². The number of ether oxygens (including phenoxy) is 2. The van der Waals surface area contributed by atoms with E-state index < -0.39 is 54.9 Å². The van der Waals surface area contributed by atoms with Gasteiger partial charge in [-0.15, -0.1) is 5.92 Å². The molecule has 0 bridgehead atoms. The first-order chi connectivity index (χ1) is 17.2. The Morgan fingerprint density at radius 3 is 2.71 bits per heavy atom. The Morgan fingerprint density at radius 1 is 1.34 bits per heavy atom. The summed E-state index contributed by atoms with van der Waals surface area (Å²) in [7, 11) is 0. The molecule has 0 amide bonds. The zero-order chi connectivity index (χ0) is 28.0. The first kappa shape index (κ1) is 25.8. The summed E-state index contributed by atoms with van der Waals surface area (Å²) in [4.78, 5) is 23.7. The van der Waals surface area contributed by atoms with E-state index in [1.807, 2.05) is 5.92 Å². The molecule has 0 aromatic carbocycles. The number of halogens is 2. The highest BCUT2D eigenvalue weighted by Gasteiger charge is 2.45. The molecule has 0 spiro atoms. The molecule has 2 saturated carbocycles. The lowest BCUT2D eigenvalue weighted by atomic mass is 9.89. The van der Waals surface area contributed by atoms with E-state index in [0.29, 0.717) is 19.3 Å². The molecular formula is C27H38F2O6. The van der Waals surface area contributed by atoms with Crippen LogP contribution in [0.2, 0.25) is 0 Å². The van der Waals surface area contributed by atoms with Gasteiger partial charge >= 0.3 is 17.9 Å². The number of aliphatic hydroxyl groups excluding tert-OH is 2. The summed E-state index contributed by atoms with van der Waals surface area (Å²) in [6.07, 6.45) is 0.949. The van der Waals surface area contributed by atoms with Crippen LogP contribution < -0.4 is 0 Å². The van der Waals surface area contributed by atoms with Gasteiger partial charge in [0.2, 0.25) is 0 Å². The van der Waals surface area contributed by atoms with Gasteiger partial charge in [0.05, 0.1) is 24.7 Å². The van der Waals surface area contributed by atoms with Crippen molar-refractivity contribution in [1.82, 2.24) is 0 Å². The van der Waals surface area contributed by atoms with Crippen molar-refractivity contribution >= 4 is 11.9 Å². The Balaban J connectivity index is 1.95. The van der Waals surface area contributed by atoms with E-state index in [2.05, 4.69) is 5.92 Å². The van der Waals surface area contributed by atoms with Crippen LogP contribution in [-0.4, -0.2) is 53.0 Å². The predicted molar refractivity (Wildman–Crippen MR) is 127 cm³/mol. The summed E-state index contributed by atoms with van der Waals surface area (Å²) in [5.74, 6) is -2.34. The fraction of sp³-hybridized carbons (Fsp3) is 0.704. The number of hydrogen-bond donors (Lipinski definition) is 2. The molecule has 8 heteroatoms. The van der Waals surface area contributed by atoms with Crippen molar-refractivity contribution in [2.24, 2.45) is 23.7 Å². The zero-order valence-electron chi connectivity index (χ0n) is 22.8. The van der Waals surface area contributed by atoms with E-state index in [4.69, 9.17) is 12.2 Å². The molecule has 2 fully saturated rings. The quantitative estimate of drug-likeness (QED) is 0.252. The lowest BCUT2D eigenvalue weighted by Gasteiger charge is -2.23. The second-order valence-electron chi connectivity index (χ2n) is 9.25. The van der Waals surface area contributed by atoms with Crippen molar-refractivity contribution in [3.63, 3.8) is 0 Å². The molecular weight excluding hydrogens is 458 g/mol. The molecule has 0 saturated heterocycles. The van der Waals surface area contributed by atoms with Gasteiger partial charge in [0, 0.05) is 15.1 Å². The third-order valence-electron chi connectivity index (χ3n) is 6.75. The molecule has 7 atom stereocenters. The number of fused-ring (bicyclic) bond motifs is 1. The molecule has 196 valence electrons. The van der Waals surface area contributed by atoms with Crippen LogP contribution in [0.1, 0.15) is 68.9 Å². The van der Waals surface area contributed by atoms with Gasteiger partial charge in [0.1, 0.15) is 0 Å². The standard InChI is InChI=1S/C27H38F2O6/c1-5-13-27(28,29)17(3)23(30)12-11-21-22-15-19(14-20(22)16-24(21)31)9-7-8-10-25(32)35-18(4)26(33)34-6-2/h9,11-12,17-18,20-24,30-31H,6-8,10,14-16H2,1-4H3/b12-11+,19-9+/t17?,18-,20-,21+,22-,23+,24+/m0/s1/i8D2. The minimum Gasteiger partial charge on any atom is -0.463 e. The van der Waals surface area contributed by atoms with Gasteiger partial charge in [0.15, 0.2) is 6.10 Å². The van der Waals surface area contributed by atoms with E-state index in [1.54, 1.807) is 19.1 Å². The summed E-state index contributed by atoms with van der Waals surface area (Å²) in [5.41, 5.74) is 1.01. The molecule has 0 aliphatic heterocycles. The predicted octanol–water partition coefficient (Wildman–Crippen LogP) is 4.20. The van der Waals surface area contributed by atoms with Gasteiger partial charge in [-0.3, -0.25) is 4.79 Å². The third kappa shape index (κ3) is 8.15. The first-order valence-corrected chi connectivity index (χ1v) is 12.1. The maximum atomic E-state index is 14.0. The number of esters is 2. The van der Waals surface area contributed by atoms with Crippen LogP contribution in [0.3, 0.4) is 0 Å². The number of allylic oxidation sites excluding steroid dienone is 2. The van der Waals surface area contributed by atoms with Gasteiger partial charge in [-0.25, -0.2) is 4.79 Å². The van der Waals surface area contributed by atoms with Crippen LogP contribution in [0.4, 0.5) is 8.78 Å². The molecule has 1 unspecified atom stereocenters. The number of alkyl halides is 2. The average molecular weight is 499 g/mol. The number of aliphatic hydroxyl groups is 2. The Bertz CT molecular complexity index is 939. The normalized spacial score (nSPS) is 29.0. The molecule has 2 aliphatic rings. The van der Waals surface area contributed by atoms with Crippen molar-refractivity contribution in [2.75, 3.05) is 6.61 Å². The fourth-order valence-electron chi connectivity index (χ4n) is 4.78. The molecule has 6 nitrogen and oxygen atoms in total. The third-order valence-corrected chi connectivity index (χ3v) is 6.75. The highest BCUT2D eigenvalue weighted by atomic mass is 19.3. The number of hydrogen-bond acceptors (Lipinski definition) is 6. The highest BCUT2D eigenvalue weighted by Crippen LogP contribution is 2.50. The Kier molecular flexibility index (Phi) is 9.73. The fourth-order valence-corrected chi connectivity index (χ4v) is 4.78. The van der Waals surface area contributed by atoms with Gasteiger partial charge in [0.25, 0.3) is 0 Å². The minimum atomic E-state index is -3.33. The Labute approximate surface area is 209 Å². The summed E-state index contributed by atoms with van der Waals surface area (Å²) in [6.45, 7) is 5.69. The van der Waals surface area contributed by atoms with Gasteiger partial charge < -0.3 is 19.7 Å². The number of rotatable bonds is 11. The molecule has 2 N–H and O–H groups in total. The summed E-state index contributed by atoms with van der Waals surface area (Å²) in [5, 5.41) is 20.8. The second kappa shape index (κ2) is 13.2. The smallest absolute Gasteiger partial charge is 0.347 e. The molecule has 0 radical (unpaired) electrons. The second-order valence-corrected chi connectivity index (χ2v) is 9.25. The minimum absolute atomic E-state index is 0.0164. The van der Waals surface area contributed by atoms with E-state index in [9.17, 15) is 28.6 Å². The van der Waals surface area contributed by atoms with E-state index in [-0.39, 0.29) is 30.8 Å². The molecule has 2 rings (SSSR count). The highest BCUT2D eigenvalue weighted by molar-refractivity contribution is 5.78. The monoisotopic (exact) mass is 498 g/mol. The lowest BCUT2D eigenvalue weighted by molar-refractivity contribution is -0.166. The van der Waals surface area contributed by atoms with Gasteiger partial charge in [-0.2, -0.15) is 8.78 Å². The van der Waals surface area contributed by atoms with Crippen LogP contribution in [-0.2, 0) is 19.1 Å². The van der Waals surface area contributed by atoms with E-state index >= 15 is 0 Å². The first-order valence-electron chi connectivity index (χ1n) is 13.1. The molecule has 0 aromatic rings. The van der Waals surface area contributed by atoms with Crippen molar-refractivity contribution in [3.05, 3.63) is 23.8 Å². The maximum absolute atomic E-state index is 14.0. The van der Waals surface area contributed by atoms with Crippen LogP contribution in [0, 0.1) is 35.5 Å². The van der Waals surface area contributed by atoms with Crippen molar-refractivity contribution in [3.8, 4) is 11.8 Å². The number of carbonyl (C=O) groups is 2. The maximum Gasteiger partial charge on any atom is 0.347 e. The molecule has 2 aliphatic carbocycles. The summed E-state index contributed by atoms with van der Waals surface area (Å²) in [6, 6.07) is 0. The Hall–Kier alpha value is -2.24. The summed E-state index contributed by atoms with van der Waals surface area (Å²) < 4.78 is 54.1. The van der Waals surface area contributed by atoms with E-state index in [1.165, 1.54) is 26.8 Å². The molecule has 0 heterocycles. The number of carbonyl (C=O) groups excluding carboxylic acids is 2. The van der Waals surface area contributed by atoms with Crippen LogP contribution in [0.15, 0.2) is 23.8 Å². The largest absolute Gasteiger partial charge is 0.463 e. The average Bonchev–Trinajstić information content (AvgIpc) is 3.31. The van der Waals surface area contributed by atoms with Crippen LogP contribution in [0.5, 0.6) is 0 Å². The lowest BCUT2D eigenvalue weighted by Crippen LogP contribution is -2.33. The molecule has 35 heavy (non-hydrogen) atoms. The van der Waals surface area contributed by atoms with E-state index in [0.717, 1.165) is 5.57 Å². The zero-order valence-corrected chi connectivity index (χ0v) is 20.8.